The van der Waals surface area contributed by atoms with E-state index in [0.717, 1.165) is 29.1 Å². The van der Waals surface area contributed by atoms with E-state index in [-0.39, 0.29) is 11.5 Å². The van der Waals surface area contributed by atoms with Crippen molar-refractivity contribution in [2.24, 2.45) is 0 Å². The summed E-state index contributed by atoms with van der Waals surface area (Å²) in [7, 11) is 2.09. The molecule has 0 atom stereocenters. The van der Waals surface area contributed by atoms with Gasteiger partial charge in [0.2, 0.25) is 0 Å². The smallest absolute Gasteiger partial charge is 0.166 e. The summed E-state index contributed by atoms with van der Waals surface area (Å²) < 4.78 is 0. The van der Waals surface area contributed by atoms with Crippen molar-refractivity contribution >= 4 is 27.2 Å². The standard InChI is InChI=1S/C17H15NO2/c1-18-8-7-10-3-2-4-12-15(10)13(18)9-11-5-6-14(19)17(20)16(11)12/h2-6,9,19-20H,7-8H2,1H3. The highest BCUT2D eigenvalue weighted by Crippen LogP contribution is 2.44. The number of nitrogens with zero attached hydrogens (tertiary/aromatic N) is 1. The zero-order valence-electron chi connectivity index (χ0n) is 11.2. The molecule has 0 aliphatic carbocycles. The number of aromatic hydroxyl groups is 2. The molecule has 0 bridgehead atoms. The summed E-state index contributed by atoms with van der Waals surface area (Å²) >= 11 is 0. The third kappa shape index (κ3) is 1.35. The maximum atomic E-state index is 10.2. The number of phenols is 2. The minimum Gasteiger partial charge on any atom is -0.504 e. The highest BCUT2D eigenvalue weighted by molar-refractivity contribution is 6.17. The van der Waals surface area contributed by atoms with Crippen LogP contribution >= 0.6 is 0 Å². The normalized spacial score (nSPS) is 14.2. The molecule has 1 heterocycles. The number of phenolic OH excluding ortho intramolecular Hbond substituents is 2. The second kappa shape index (κ2) is 3.79. The maximum absolute atomic E-state index is 10.2. The summed E-state index contributed by atoms with van der Waals surface area (Å²) in [5.41, 5.74) is 2.50. The van der Waals surface area contributed by atoms with E-state index in [2.05, 4.69) is 24.1 Å². The van der Waals surface area contributed by atoms with E-state index in [1.54, 1.807) is 6.07 Å². The van der Waals surface area contributed by atoms with Crippen LogP contribution in [0, 0.1) is 0 Å². The van der Waals surface area contributed by atoms with Crippen LogP contribution in [0.1, 0.15) is 5.56 Å². The summed E-state index contributed by atoms with van der Waals surface area (Å²) in [6.45, 7) is 1.00. The van der Waals surface area contributed by atoms with Gasteiger partial charge >= 0.3 is 0 Å². The topological polar surface area (TPSA) is 43.7 Å². The number of benzene rings is 3. The van der Waals surface area contributed by atoms with Gasteiger partial charge in [0.05, 0.1) is 0 Å². The third-order valence-corrected chi connectivity index (χ3v) is 4.29. The number of anilines is 1. The summed E-state index contributed by atoms with van der Waals surface area (Å²) in [6.07, 6.45) is 1.01. The first-order chi connectivity index (χ1) is 9.66. The molecule has 0 unspecified atom stereocenters. The van der Waals surface area contributed by atoms with Crippen LogP contribution in [-0.2, 0) is 6.42 Å². The van der Waals surface area contributed by atoms with Gasteiger partial charge in [0.15, 0.2) is 11.5 Å². The predicted molar refractivity (Wildman–Crippen MR) is 81.8 cm³/mol. The van der Waals surface area contributed by atoms with Crippen LogP contribution < -0.4 is 4.90 Å². The average molecular weight is 265 g/mol. The Bertz CT molecular complexity index is 855. The SMILES string of the molecule is CN1CCc2cccc3c2c1cc1ccc(O)c(O)c13. The maximum Gasteiger partial charge on any atom is 0.166 e. The van der Waals surface area contributed by atoms with Crippen molar-refractivity contribution < 1.29 is 10.2 Å². The molecular weight excluding hydrogens is 250 g/mol. The van der Waals surface area contributed by atoms with Gasteiger partial charge in [-0.1, -0.05) is 24.3 Å². The molecule has 0 aromatic heterocycles. The van der Waals surface area contributed by atoms with E-state index >= 15 is 0 Å². The van der Waals surface area contributed by atoms with E-state index in [0.29, 0.717) is 0 Å². The van der Waals surface area contributed by atoms with Gasteiger partial charge in [0.25, 0.3) is 0 Å². The minimum absolute atomic E-state index is 0.0283. The molecule has 3 aromatic carbocycles. The fourth-order valence-corrected chi connectivity index (χ4v) is 3.25. The van der Waals surface area contributed by atoms with E-state index in [9.17, 15) is 10.2 Å². The second-order valence-corrected chi connectivity index (χ2v) is 5.44. The third-order valence-electron chi connectivity index (χ3n) is 4.29. The Morgan fingerprint density at radius 1 is 1.05 bits per heavy atom. The van der Waals surface area contributed by atoms with Crippen LogP contribution in [0.2, 0.25) is 0 Å². The largest absolute Gasteiger partial charge is 0.504 e. The minimum atomic E-state index is -0.0673. The quantitative estimate of drug-likeness (QED) is 0.483. The average Bonchev–Trinajstić information content (AvgIpc) is 2.46. The molecular formula is C17H15NO2. The molecule has 3 nitrogen and oxygen atoms in total. The molecule has 0 spiro atoms. The van der Waals surface area contributed by atoms with E-state index < -0.39 is 0 Å². The van der Waals surface area contributed by atoms with Crippen LogP contribution in [0.4, 0.5) is 5.69 Å². The van der Waals surface area contributed by atoms with Crippen LogP contribution in [0.5, 0.6) is 11.5 Å². The van der Waals surface area contributed by atoms with Gasteiger partial charge in [0, 0.05) is 30.1 Å². The lowest BCUT2D eigenvalue weighted by molar-refractivity contribution is 0.408. The predicted octanol–water partition coefficient (Wildman–Crippen LogP) is 3.40. The molecule has 0 radical (unpaired) electrons. The molecule has 2 N–H and O–H groups in total. The van der Waals surface area contributed by atoms with Crippen LogP contribution in [-0.4, -0.2) is 23.8 Å². The molecule has 20 heavy (non-hydrogen) atoms. The van der Waals surface area contributed by atoms with Crippen molar-refractivity contribution in [2.75, 3.05) is 18.5 Å². The molecule has 100 valence electrons. The fourth-order valence-electron chi connectivity index (χ4n) is 3.25. The summed E-state index contributed by atoms with van der Waals surface area (Å²) in [5.74, 6) is -0.0956. The second-order valence-electron chi connectivity index (χ2n) is 5.44. The zero-order valence-corrected chi connectivity index (χ0v) is 11.2. The molecule has 1 aliphatic rings. The Hall–Kier alpha value is -2.42. The van der Waals surface area contributed by atoms with Crippen molar-refractivity contribution in [1.29, 1.82) is 0 Å². The first-order valence-electron chi connectivity index (χ1n) is 6.77. The molecule has 0 amide bonds. The molecule has 4 rings (SSSR count). The Morgan fingerprint density at radius 2 is 1.90 bits per heavy atom. The van der Waals surface area contributed by atoms with Gasteiger partial charge in [-0.15, -0.1) is 0 Å². The first-order valence-corrected chi connectivity index (χ1v) is 6.77. The summed E-state index contributed by atoms with van der Waals surface area (Å²) in [5, 5.41) is 23.9. The number of hydrogen-bond donors (Lipinski definition) is 2. The van der Waals surface area contributed by atoms with Gasteiger partial charge < -0.3 is 15.1 Å². The fraction of sp³-hybridized carbons (Fsp3) is 0.176. The number of likely N-dealkylation sites (N-methyl/N-ethyl adjacent to an activating group) is 1. The van der Waals surface area contributed by atoms with Crippen LogP contribution in [0.3, 0.4) is 0 Å². The molecule has 1 aliphatic heterocycles. The lowest BCUT2D eigenvalue weighted by atomic mass is 9.92. The molecule has 3 aromatic rings. The van der Waals surface area contributed by atoms with Crippen molar-refractivity contribution in [3.63, 3.8) is 0 Å². The Morgan fingerprint density at radius 3 is 2.75 bits per heavy atom. The Kier molecular flexibility index (Phi) is 2.16. The van der Waals surface area contributed by atoms with Crippen molar-refractivity contribution in [2.45, 2.75) is 6.42 Å². The van der Waals surface area contributed by atoms with Gasteiger partial charge in [0.1, 0.15) is 0 Å². The molecule has 0 saturated carbocycles. The van der Waals surface area contributed by atoms with Crippen LogP contribution in [0.15, 0.2) is 36.4 Å². The van der Waals surface area contributed by atoms with Gasteiger partial charge in [-0.2, -0.15) is 0 Å². The van der Waals surface area contributed by atoms with Gasteiger partial charge in [-0.05, 0) is 34.9 Å². The highest BCUT2D eigenvalue weighted by Gasteiger charge is 2.19. The van der Waals surface area contributed by atoms with Crippen LogP contribution in [0.25, 0.3) is 21.5 Å². The summed E-state index contributed by atoms with van der Waals surface area (Å²) in [4.78, 5) is 2.25. The molecule has 0 saturated heterocycles. The lowest BCUT2D eigenvalue weighted by Crippen LogP contribution is -2.24. The van der Waals surface area contributed by atoms with Crippen molar-refractivity contribution in [3.8, 4) is 11.5 Å². The van der Waals surface area contributed by atoms with Crippen molar-refractivity contribution in [1.82, 2.24) is 0 Å². The number of fused-ring (bicyclic) bond motifs is 2. The zero-order chi connectivity index (χ0) is 13.9. The number of rotatable bonds is 0. The van der Waals surface area contributed by atoms with E-state index in [4.69, 9.17) is 0 Å². The molecule has 3 heteroatoms. The van der Waals surface area contributed by atoms with E-state index in [1.165, 1.54) is 16.6 Å². The summed E-state index contributed by atoms with van der Waals surface area (Å²) in [6, 6.07) is 11.7. The first kappa shape index (κ1) is 11.4. The lowest BCUT2D eigenvalue weighted by Gasteiger charge is -2.28. The Balaban J connectivity index is 2.30. The number of hydrogen-bond acceptors (Lipinski definition) is 3. The molecule has 0 fully saturated rings. The van der Waals surface area contributed by atoms with Crippen molar-refractivity contribution in [3.05, 3.63) is 42.0 Å². The van der Waals surface area contributed by atoms with Gasteiger partial charge in [-0.3, -0.25) is 0 Å². The highest BCUT2D eigenvalue weighted by atomic mass is 16.3. The monoisotopic (exact) mass is 265 g/mol. The van der Waals surface area contributed by atoms with Gasteiger partial charge in [-0.25, -0.2) is 0 Å². The Labute approximate surface area is 116 Å². The van der Waals surface area contributed by atoms with E-state index in [1.807, 2.05) is 18.2 Å².